The van der Waals surface area contributed by atoms with Gasteiger partial charge in [0.05, 0.1) is 12.7 Å². The minimum Gasteiger partial charge on any atom is -0.481 e. The fourth-order valence-corrected chi connectivity index (χ4v) is 2.87. The molecular formula is C15H24N2O2. The molecule has 0 spiro atoms. The van der Waals surface area contributed by atoms with E-state index >= 15 is 0 Å². The fourth-order valence-electron chi connectivity index (χ4n) is 2.87. The van der Waals surface area contributed by atoms with Gasteiger partial charge in [-0.05, 0) is 24.3 Å². The second-order valence-electron chi connectivity index (χ2n) is 5.74. The fraction of sp³-hybridized carbons (Fsp3) is 0.667. The Hall–Kier alpha value is -1.13. The van der Waals surface area contributed by atoms with E-state index in [0.717, 1.165) is 31.4 Å². The van der Waals surface area contributed by atoms with Crippen LogP contribution in [-0.4, -0.2) is 29.3 Å². The van der Waals surface area contributed by atoms with E-state index in [4.69, 9.17) is 4.74 Å². The van der Waals surface area contributed by atoms with Crippen LogP contribution in [0.15, 0.2) is 18.3 Å². The lowest BCUT2D eigenvalue weighted by molar-refractivity contribution is -0.0119. The van der Waals surface area contributed by atoms with E-state index < -0.39 is 5.60 Å². The highest BCUT2D eigenvalue weighted by atomic mass is 16.5. The van der Waals surface area contributed by atoms with Crippen LogP contribution in [0.25, 0.3) is 0 Å². The molecule has 1 aromatic rings. The Bertz CT molecular complexity index is 394. The molecule has 0 radical (unpaired) electrons. The number of nitrogens with one attached hydrogen (secondary N) is 1. The summed E-state index contributed by atoms with van der Waals surface area (Å²) in [6.45, 7) is 3.61. The Morgan fingerprint density at radius 3 is 3.00 bits per heavy atom. The minimum absolute atomic E-state index is 0.530. The first-order chi connectivity index (χ1) is 9.11. The molecule has 0 aromatic carbocycles. The van der Waals surface area contributed by atoms with Gasteiger partial charge in [-0.25, -0.2) is 4.98 Å². The maximum Gasteiger partial charge on any atom is 0.212 e. The highest BCUT2D eigenvalue weighted by Gasteiger charge is 2.31. The summed E-state index contributed by atoms with van der Waals surface area (Å²) in [6, 6.07) is 3.85. The van der Waals surface area contributed by atoms with Crippen LogP contribution in [0.3, 0.4) is 0 Å². The van der Waals surface area contributed by atoms with Gasteiger partial charge < -0.3 is 15.2 Å². The molecule has 1 heterocycles. The first-order valence-electron chi connectivity index (χ1n) is 7.03. The van der Waals surface area contributed by atoms with Crippen molar-refractivity contribution in [2.75, 3.05) is 13.7 Å². The summed E-state index contributed by atoms with van der Waals surface area (Å²) >= 11 is 0. The Labute approximate surface area is 115 Å². The summed E-state index contributed by atoms with van der Waals surface area (Å²) in [5.74, 6) is 1.26. The van der Waals surface area contributed by atoms with E-state index in [1.807, 2.05) is 12.1 Å². The van der Waals surface area contributed by atoms with E-state index in [0.29, 0.717) is 18.3 Å². The molecule has 4 nitrogen and oxygen atoms in total. The summed E-state index contributed by atoms with van der Waals surface area (Å²) < 4.78 is 5.03. The summed E-state index contributed by atoms with van der Waals surface area (Å²) in [7, 11) is 1.61. The molecule has 2 N–H and O–H groups in total. The first-order valence-corrected chi connectivity index (χ1v) is 7.03. The second kappa shape index (κ2) is 6.35. The molecule has 1 fully saturated rings. The minimum atomic E-state index is -0.530. The Balaban J connectivity index is 1.79. The summed E-state index contributed by atoms with van der Waals surface area (Å²) in [5, 5.41) is 13.8. The van der Waals surface area contributed by atoms with Crippen molar-refractivity contribution < 1.29 is 9.84 Å². The number of aliphatic hydroxyl groups is 1. The molecule has 4 heteroatoms. The van der Waals surface area contributed by atoms with Crippen molar-refractivity contribution in [1.82, 2.24) is 10.3 Å². The zero-order valence-corrected chi connectivity index (χ0v) is 11.9. The zero-order chi connectivity index (χ0) is 13.7. The Morgan fingerprint density at radius 2 is 2.37 bits per heavy atom. The molecule has 0 aliphatic heterocycles. The zero-order valence-electron chi connectivity index (χ0n) is 11.9. The lowest BCUT2D eigenvalue weighted by Crippen LogP contribution is -2.43. The molecule has 2 rings (SSSR count). The van der Waals surface area contributed by atoms with Crippen LogP contribution in [-0.2, 0) is 6.54 Å². The topological polar surface area (TPSA) is 54.4 Å². The number of nitrogens with zero attached hydrogens (tertiary/aromatic N) is 1. The molecule has 1 saturated carbocycles. The van der Waals surface area contributed by atoms with Crippen LogP contribution in [0.2, 0.25) is 0 Å². The highest BCUT2D eigenvalue weighted by Crippen LogP contribution is 2.31. The summed E-state index contributed by atoms with van der Waals surface area (Å²) in [5.41, 5.74) is 0.575. The number of hydrogen-bond donors (Lipinski definition) is 2. The molecule has 0 bridgehead atoms. The van der Waals surface area contributed by atoms with Gasteiger partial charge >= 0.3 is 0 Å². The largest absolute Gasteiger partial charge is 0.481 e. The van der Waals surface area contributed by atoms with E-state index in [1.165, 1.54) is 6.42 Å². The van der Waals surface area contributed by atoms with Crippen LogP contribution < -0.4 is 10.1 Å². The SMILES string of the molecule is COc1ccc(CNCC2(O)CCCC(C)C2)cn1. The monoisotopic (exact) mass is 264 g/mol. The average molecular weight is 264 g/mol. The third-order valence-electron chi connectivity index (χ3n) is 3.86. The molecule has 0 saturated heterocycles. The van der Waals surface area contributed by atoms with Gasteiger partial charge in [0.15, 0.2) is 0 Å². The third-order valence-corrected chi connectivity index (χ3v) is 3.86. The van der Waals surface area contributed by atoms with Gasteiger partial charge in [0.2, 0.25) is 5.88 Å². The number of hydrogen-bond acceptors (Lipinski definition) is 4. The van der Waals surface area contributed by atoms with Crippen molar-refractivity contribution >= 4 is 0 Å². The van der Waals surface area contributed by atoms with Crippen LogP contribution in [0.4, 0.5) is 0 Å². The molecule has 106 valence electrons. The van der Waals surface area contributed by atoms with Gasteiger partial charge in [-0.15, -0.1) is 0 Å². The molecule has 2 unspecified atom stereocenters. The van der Waals surface area contributed by atoms with Gasteiger partial charge in [0.1, 0.15) is 0 Å². The molecular weight excluding hydrogens is 240 g/mol. The third kappa shape index (κ3) is 4.18. The van der Waals surface area contributed by atoms with Gasteiger partial charge in [-0.2, -0.15) is 0 Å². The predicted molar refractivity (Wildman–Crippen MR) is 75.1 cm³/mol. The van der Waals surface area contributed by atoms with Crippen molar-refractivity contribution in [3.05, 3.63) is 23.9 Å². The van der Waals surface area contributed by atoms with Gasteiger partial charge in [0.25, 0.3) is 0 Å². The maximum atomic E-state index is 10.5. The summed E-state index contributed by atoms with van der Waals surface area (Å²) in [4.78, 5) is 4.17. The van der Waals surface area contributed by atoms with Crippen molar-refractivity contribution in [3.8, 4) is 5.88 Å². The van der Waals surface area contributed by atoms with Crippen LogP contribution in [0.5, 0.6) is 5.88 Å². The summed E-state index contributed by atoms with van der Waals surface area (Å²) in [6.07, 6.45) is 5.99. The average Bonchev–Trinajstić information content (AvgIpc) is 2.39. The second-order valence-corrected chi connectivity index (χ2v) is 5.74. The lowest BCUT2D eigenvalue weighted by Gasteiger charge is -2.35. The molecule has 19 heavy (non-hydrogen) atoms. The number of rotatable bonds is 5. The highest BCUT2D eigenvalue weighted by molar-refractivity contribution is 5.17. The van der Waals surface area contributed by atoms with Crippen LogP contribution in [0.1, 0.15) is 38.2 Å². The van der Waals surface area contributed by atoms with E-state index in [9.17, 15) is 5.11 Å². The first kappa shape index (κ1) is 14.3. The quantitative estimate of drug-likeness (QED) is 0.855. The van der Waals surface area contributed by atoms with E-state index in [-0.39, 0.29) is 0 Å². The van der Waals surface area contributed by atoms with Crippen molar-refractivity contribution in [3.63, 3.8) is 0 Å². The number of methoxy groups -OCH3 is 1. The molecule has 1 aromatic heterocycles. The molecule has 2 atom stereocenters. The molecule has 1 aliphatic carbocycles. The standard InChI is InChI=1S/C15H24N2O2/c1-12-4-3-7-15(18,8-12)11-16-9-13-5-6-14(19-2)17-10-13/h5-6,10,12,16,18H,3-4,7-9,11H2,1-2H3. The maximum absolute atomic E-state index is 10.5. The van der Waals surface area contributed by atoms with Gasteiger partial charge in [-0.1, -0.05) is 25.8 Å². The van der Waals surface area contributed by atoms with Crippen molar-refractivity contribution in [2.45, 2.75) is 44.8 Å². The molecule has 0 amide bonds. The van der Waals surface area contributed by atoms with Gasteiger partial charge in [0, 0.05) is 25.4 Å². The predicted octanol–water partition coefficient (Wildman–Crippen LogP) is 2.12. The smallest absolute Gasteiger partial charge is 0.212 e. The number of aromatic nitrogens is 1. The lowest BCUT2D eigenvalue weighted by atomic mass is 9.79. The van der Waals surface area contributed by atoms with Crippen LogP contribution in [0, 0.1) is 5.92 Å². The normalized spacial score (nSPS) is 27.2. The van der Waals surface area contributed by atoms with Crippen molar-refractivity contribution in [2.24, 2.45) is 5.92 Å². The Kier molecular flexibility index (Phi) is 4.77. The van der Waals surface area contributed by atoms with Gasteiger partial charge in [-0.3, -0.25) is 0 Å². The molecule has 1 aliphatic rings. The number of pyridine rings is 1. The Morgan fingerprint density at radius 1 is 1.53 bits per heavy atom. The number of ether oxygens (including phenoxy) is 1. The van der Waals surface area contributed by atoms with E-state index in [1.54, 1.807) is 13.3 Å². The van der Waals surface area contributed by atoms with Crippen LogP contribution >= 0.6 is 0 Å². The van der Waals surface area contributed by atoms with E-state index in [2.05, 4.69) is 17.2 Å². The van der Waals surface area contributed by atoms with Crippen molar-refractivity contribution in [1.29, 1.82) is 0 Å².